The lowest BCUT2D eigenvalue weighted by Crippen LogP contribution is -2.55. The molecule has 1 aromatic carbocycles. The number of likely N-dealkylation sites (N-methyl/N-ethyl adjacent to an activating group) is 1. The summed E-state index contributed by atoms with van der Waals surface area (Å²) in [7, 11) is 1.46. The topological polar surface area (TPSA) is 158 Å². The van der Waals surface area contributed by atoms with Crippen molar-refractivity contribution in [1.29, 1.82) is 0 Å². The number of unbranched alkanes of at least 4 members (excludes halogenated alkanes) is 1. The van der Waals surface area contributed by atoms with Gasteiger partial charge in [-0.15, -0.1) is 10.1 Å². The number of hydrogen-bond donors (Lipinski definition) is 1. The van der Waals surface area contributed by atoms with Crippen LogP contribution in [0.3, 0.4) is 0 Å². The van der Waals surface area contributed by atoms with Crippen LogP contribution in [0.2, 0.25) is 0 Å². The van der Waals surface area contributed by atoms with Gasteiger partial charge in [0.2, 0.25) is 5.91 Å². The van der Waals surface area contributed by atoms with Crippen LogP contribution in [0, 0.1) is 10.1 Å². The molecular formula is C24H34N4O9. The molecule has 3 amide bonds. The Morgan fingerprint density at radius 1 is 1.16 bits per heavy atom. The number of aryl methyl sites for hydroxylation is 1. The maximum absolute atomic E-state index is 13.3. The van der Waals surface area contributed by atoms with E-state index in [1.165, 1.54) is 18.9 Å². The Kier molecular flexibility index (Phi) is 11.7. The SMILES string of the molecule is CCOC(=O)C(CCc1ccccc1)NC(C)C(=O)N1C(=O)N(C)CC1C(=O)OCCCCO[N+](=O)[O-]. The van der Waals surface area contributed by atoms with Crippen LogP contribution in [-0.4, -0.2) is 90.3 Å². The minimum absolute atomic E-state index is 0.0458. The van der Waals surface area contributed by atoms with Crippen molar-refractivity contribution >= 4 is 23.9 Å². The average molecular weight is 523 g/mol. The molecule has 3 atom stereocenters. The number of amides is 3. The van der Waals surface area contributed by atoms with Crippen LogP contribution in [-0.2, 0) is 35.1 Å². The van der Waals surface area contributed by atoms with Crippen molar-refractivity contribution in [3.63, 3.8) is 0 Å². The summed E-state index contributed by atoms with van der Waals surface area (Å²) in [6.45, 7) is 3.15. The van der Waals surface area contributed by atoms with Gasteiger partial charge in [0.15, 0.2) is 6.04 Å². The first kappa shape index (κ1) is 29.5. The van der Waals surface area contributed by atoms with Crippen molar-refractivity contribution in [2.24, 2.45) is 0 Å². The predicted molar refractivity (Wildman–Crippen MR) is 130 cm³/mol. The molecule has 1 saturated heterocycles. The standard InChI is InChI=1S/C24H34N4O9/c1-4-35-22(30)19(13-12-18-10-6-5-7-11-18)25-17(2)21(29)27-20(16-26(3)24(27)32)23(31)36-14-8-9-15-37-28(33)34/h5-7,10-11,17,19-20,25H,4,8-9,12-16H2,1-3H3. The first-order chi connectivity index (χ1) is 17.6. The molecule has 0 saturated carbocycles. The number of esters is 2. The maximum Gasteiger partial charge on any atom is 0.331 e. The van der Waals surface area contributed by atoms with E-state index in [2.05, 4.69) is 10.2 Å². The van der Waals surface area contributed by atoms with E-state index in [1.807, 2.05) is 30.3 Å². The van der Waals surface area contributed by atoms with E-state index >= 15 is 0 Å². The van der Waals surface area contributed by atoms with Crippen molar-refractivity contribution in [3.05, 3.63) is 46.0 Å². The molecule has 1 aromatic rings. The largest absolute Gasteiger partial charge is 0.465 e. The van der Waals surface area contributed by atoms with Gasteiger partial charge in [0.05, 0.1) is 32.4 Å². The smallest absolute Gasteiger partial charge is 0.331 e. The van der Waals surface area contributed by atoms with E-state index in [0.29, 0.717) is 25.7 Å². The summed E-state index contributed by atoms with van der Waals surface area (Å²) in [6, 6.07) is 5.94. The molecule has 0 spiro atoms. The van der Waals surface area contributed by atoms with Crippen molar-refractivity contribution in [2.75, 3.05) is 33.4 Å². The zero-order chi connectivity index (χ0) is 27.4. The van der Waals surface area contributed by atoms with Crippen molar-refractivity contribution in [1.82, 2.24) is 15.1 Å². The second-order valence-corrected chi connectivity index (χ2v) is 8.54. The summed E-state index contributed by atoms with van der Waals surface area (Å²) < 4.78 is 10.4. The number of urea groups is 1. The average Bonchev–Trinajstić information content (AvgIpc) is 3.17. The van der Waals surface area contributed by atoms with Crippen LogP contribution in [0.4, 0.5) is 4.79 Å². The van der Waals surface area contributed by atoms with Gasteiger partial charge in [0, 0.05) is 7.05 Å². The van der Waals surface area contributed by atoms with E-state index < -0.39 is 47.1 Å². The number of benzene rings is 1. The third-order valence-electron chi connectivity index (χ3n) is 5.74. The summed E-state index contributed by atoms with van der Waals surface area (Å²) in [5, 5.41) is 12.2. The minimum Gasteiger partial charge on any atom is -0.465 e. The van der Waals surface area contributed by atoms with Crippen LogP contribution in [0.15, 0.2) is 30.3 Å². The van der Waals surface area contributed by atoms with Gasteiger partial charge in [-0.1, -0.05) is 30.3 Å². The first-order valence-corrected chi connectivity index (χ1v) is 12.1. The molecule has 13 nitrogen and oxygen atoms in total. The second-order valence-electron chi connectivity index (χ2n) is 8.54. The number of carbonyl (C=O) groups excluding carboxylic acids is 4. The fraction of sp³-hybridized carbons (Fsp3) is 0.583. The van der Waals surface area contributed by atoms with E-state index in [4.69, 9.17) is 9.47 Å². The molecule has 2 rings (SSSR count). The number of nitrogens with zero attached hydrogens (tertiary/aromatic N) is 3. The quantitative estimate of drug-likeness (QED) is 0.154. The van der Waals surface area contributed by atoms with Crippen LogP contribution in [0.25, 0.3) is 0 Å². The highest BCUT2D eigenvalue weighted by Crippen LogP contribution is 2.18. The summed E-state index contributed by atoms with van der Waals surface area (Å²) >= 11 is 0. The zero-order valence-electron chi connectivity index (χ0n) is 21.3. The molecule has 1 N–H and O–H groups in total. The number of imide groups is 1. The molecule has 0 radical (unpaired) electrons. The van der Waals surface area contributed by atoms with E-state index in [1.54, 1.807) is 6.92 Å². The van der Waals surface area contributed by atoms with Crippen LogP contribution >= 0.6 is 0 Å². The van der Waals surface area contributed by atoms with Gasteiger partial charge in [-0.2, -0.15) is 0 Å². The number of carbonyl (C=O) groups is 4. The number of rotatable bonds is 15. The van der Waals surface area contributed by atoms with Crippen LogP contribution in [0.1, 0.15) is 38.7 Å². The van der Waals surface area contributed by atoms with Crippen molar-refractivity contribution in [3.8, 4) is 0 Å². The Labute approximate surface area is 215 Å². The maximum atomic E-state index is 13.3. The van der Waals surface area contributed by atoms with Gasteiger partial charge in [0.1, 0.15) is 6.04 Å². The van der Waals surface area contributed by atoms with Crippen molar-refractivity contribution < 1.29 is 38.6 Å². The van der Waals surface area contributed by atoms with Gasteiger partial charge in [-0.3, -0.25) is 14.9 Å². The number of hydrogen-bond acceptors (Lipinski definition) is 10. The second kappa shape index (κ2) is 14.7. The first-order valence-electron chi connectivity index (χ1n) is 12.1. The Hall–Kier alpha value is -3.74. The Morgan fingerprint density at radius 2 is 1.84 bits per heavy atom. The Bertz CT molecular complexity index is 943. The van der Waals surface area contributed by atoms with Gasteiger partial charge < -0.3 is 19.2 Å². The van der Waals surface area contributed by atoms with Gasteiger partial charge in [-0.25, -0.2) is 14.5 Å². The lowest BCUT2D eigenvalue weighted by Gasteiger charge is -2.26. The fourth-order valence-corrected chi connectivity index (χ4v) is 3.83. The molecule has 37 heavy (non-hydrogen) atoms. The third kappa shape index (κ3) is 9.01. The fourth-order valence-electron chi connectivity index (χ4n) is 3.83. The molecule has 0 bridgehead atoms. The summed E-state index contributed by atoms with van der Waals surface area (Å²) in [5.41, 5.74) is 1.02. The lowest BCUT2D eigenvalue weighted by molar-refractivity contribution is -0.757. The monoisotopic (exact) mass is 522 g/mol. The minimum atomic E-state index is -1.16. The highest BCUT2D eigenvalue weighted by atomic mass is 16.9. The molecule has 3 unspecified atom stereocenters. The highest BCUT2D eigenvalue weighted by molar-refractivity contribution is 6.03. The molecule has 204 valence electrons. The molecule has 0 aliphatic carbocycles. The third-order valence-corrected chi connectivity index (χ3v) is 5.74. The molecule has 1 heterocycles. The van der Waals surface area contributed by atoms with Gasteiger partial charge in [0.25, 0.3) is 5.09 Å². The molecule has 1 aliphatic rings. The van der Waals surface area contributed by atoms with E-state index in [-0.39, 0.29) is 26.4 Å². The van der Waals surface area contributed by atoms with Crippen molar-refractivity contribution in [2.45, 2.75) is 57.7 Å². The molecule has 13 heteroatoms. The van der Waals surface area contributed by atoms with Gasteiger partial charge >= 0.3 is 18.0 Å². The molecule has 0 aromatic heterocycles. The molecule has 1 fully saturated rings. The zero-order valence-corrected chi connectivity index (χ0v) is 21.3. The Balaban J connectivity index is 2.00. The molecule has 1 aliphatic heterocycles. The number of ether oxygens (including phenoxy) is 2. The predicted octanol–water partition coefficient (Wildman–Crippen LogP) is 1.32. The molecular weight excluding hydrogens is 488 g/mol. The van der Waals surface area contributed by atoms with E-state index in [9.17, 15) is 29.3 Å². The van der Waals surface area contributed by atoms with Crippen LogP contribution in [0.5, 0.6) is 0 Å². The Morgan fingerprint density at radius 3 is 2.49 bits per heavy atom. The number of nitrogens with one attached hydrogen (secondary N) is 1. The highest BCUT2D eigenvalue weighted by Gasteiger charge is 2.46. The van der Waals surface area contributed by atoms with Crippen LogP contribution < -0.4 is 5.32 Å². The van der Waals surface area contributed by atoms with E-state index in [0.717, 1.165) is 10.5 Å². The normalized spacial score (nSPS) is 16.7. The summed E-state index contributed by atoms with van der Waals surface area (Å²) in [6.07, 6.45) is 1.52. The van der Waals surface area contributed by atoms with Gasteiger partial charge in [-0.05, 0) is 45.1 Å². The lowest BCUT2D eigenvalue weighted by atomic mass is 10.0. The summed E-state index contributed by atoms with van der Waals surface area (Å²) in [5.74, 6) is -1.95. The summed E-state index contributed by atoms with van der Waals surface area (Å²) in [4.78, 5) is 67.6.